The molecule has 0 heterocycles. The molecule has 0 saturated heterocycles. The molecule has 0 amide bonds. The van der Waals surface area contributed by atoms with Gasteiger partial charge in [-0.05, 0) is 37.6 Å². The summed E-state index contributed by atoms with van der Waals surface area (Å²) in [6.07, 6.45) is 0.448. The van der Waals surface area contributed by atoms with Gasteiger partial charge < -0.3 is 5.11 Å². The number of sulfonamides is 1. The number of benzene rings is 1. The highest BCUT2D eigenvalue weighted by atomic mass is 32.2. The molecular weight excluding hydrogens is 245 g/mol. The van der Waals surface area contributed by atoms with Crippen LogP contribution in [-0.4, -0.2) is 25.7 Å². The standard InChI is InChI=1S/C11H16FNO3S/c1-3-11(2,8-14)13-17(15,16)10-6-4-9(12)5-7-10/h4-7,13-14H,3,8H2,1-2H3. The van der Waals surface area contributed by atoms with Gasteiger partial charge in [0.15, 0.2) is 0 Å². The van der Waals surface area contributed by atoms with Crippen molar-refractivity contribution >= 4 is 10.0 Å². The van der Waals surface area contributed by atoms with E-state index in [4.69, 9.17) is 5.11 Å². The van der Waals surface area contributed by atoms with Crippen molar-refractivity contribution in [2.24, 2.45) is 0 Å². The Balaban J connectivity index is 3.00. The number of hydrogen-bond donors (Lipinski definition) is 2. The average Bonchev–Trinajstić information content (AvgIpc) is 2.29. The van der Waals surface area contributed by atoms with Gasteiger partial charge in [0.25, 0.3) is 0 Å². The maximum atomic E-state index is 12.7. The second-order valence-corrected chi connectivity index (χ2v) is 5.81. The number of aliphatic hydroxyl groups excluding tert-OH is 1. The highest BCUT2D eigenvalue weighted by molar-refractivity contribution is 7.89. The largest absolute Gasteiger partial charge is 0.394 e. The molecular formula is C11H16FNO3S. The molecule has 1 unspecified atom stereocenters. The van der Waals surface area contributed by atoms with E-state index in [2.05, 4.69) is 4.72 Å². The third-order valence-electron chi connectivity index (χ3n) is 2.63. The molecule has 1 rings (SSSR count). The van der Waals surface area contributed by atoms with Crippen LogP contribution in [0.25, 0.3) is 0 Å². The molecule has 0 saturated carbocycles. The molecule has 0 bridgehead atoms. The second kappa shape index (κ2) is 5.12. The summed E-state index contributed by atoms with van der Waals surface area (Å²) in [5.41, 5.74) is -0.910. The van der Waals surface area contributed by atoms with E-state index in [1.807, 2.05) is 0 Å². The molecule has 4 nitrogen and oxygen atoms in total. The van der Waals surface area contributed by atoms with Crippen molar-refractivity contribution in [3.63, 3.8) is 0 Å². The van der Waals surface area contributed by atoms with E-state index >= 15 is 0 Å². The van der Waals surface area contributed by atoms with Gasteiger partial charge in [-0.3, -0.25) is 0 Å². The van der Waals surface area contributed by atoms with Gasteiger partial charge in [0.1, 0.15) is 5.82 Å². The fourth-order valence-corrected chi connectivity index (χ4v) is 2.68. The summed E-state index contributed by atoms with van der Waals surface area (Å²) in [7, 11) is -3.74. The summed E-state index contributed by atoms with van der Waals surface area (Å²) < 4.78 is 39.0. The van der Waals surface area contributed by atoms with Gasteiger partial charge in [0.2, 0.25) is 10.0 Å². The number of nitrogens with one attached hydrogen (secondary N) is 1. The van der Waals surface area contributed by atoms with E-state index in [9.17, 15) is 12.8 Å². The van der Waals surface area contributed by atoms with Gasteiger partial charge in [-0.15, -0.1) is 0 Å². The molecule has 0 aliphatic heterocycles. The van der Waals surface area contributed by atoms with E-state index in [0.29, 0.717) is 6.42 Å². The van der Waals surface area contributed by atoms with Crippen LogP contribution in [-0.2, 0) is 10.0 Å². The topological polar surface area (TPSA) is 66.4 Å². The minimum atomic E-state index is -3.74. The lowest BCUT2D eigenvalue weighted by atomic mass is 10.0. The lowest BCUT2D eigenvalue weighted by Crippen LogP contribution is -2.48. The molecule has 0 spiro atoms. The predicted molar refractivity (Wildman–Crippen MR) is 62.5 cm³/mol. The smallest absolute Gasteiger partial charge is 0.241 e. The SMILES string of the molecule is CCC(C)(CO)NS(=O)(=O)c1ccc(F)cc1. The van der Waals surface area contributed by atoms with Crippen LogP contribution >= 0.6 is 0 Å². The maximum absolute atomic E-state index is 12.7. The maximum Gasteiger partial charge on any atom is 0.241 e. The highest BCUT2D eigenvalue weighted by Gasteiger charge is 2.28. The number of halogens is 1. The lowest BCUT2D eigenvalue weighted by Gasteiger charge is -2.26. The van der Waals surface area contributed by atoms with Crippen LogP contribution in [0.15, 0.2) is 29.2 Å². The van der Waals surface area contributed by atoms with E-state index in [-0.39, 0.29) is 11.5 Å². The van der Waals surface area contributed by atoms with Crippen molar-refractivity contribution in [1.29, 1.82) is 0 Å². The number of aliphatic hydroxyl groups is 1. The Morgan fingerprint density at radius 3 is 2.29 bits per heavy atom. The Morgan fingerprint density at radius 2 is 1.88 bits per heavy atom. The van der Waals surface area contributed by atoms with E-state index in [1.165, 1.54) is 12.1 Å². The Morgan fingerprint density at radius 1 is 1.35 bits per heavy atom. The summed E-state index contributed by atoms with van der Waals surface area (Å²) in [5, 5.41) is 9.15. The van der Waals surface area contributed by atoms with Crippen molar-refractivity contribution < 1.29 is 17.9 Å². The number of rotatable bonds is 5. The molecule has 0 aliphatic rings. The van der Waals surface area contributed by atoms with Crippen molar-refractivity contribution in [2.45, 2.75) is 30.7 Å². The minimum Gasteiger partial charge on any atom is -0.394 e. The summed E-state index contributed by atoms with van der Waals surface area (Å²) in [4.78, 5) is -0.0213. The normalized spacial score (nSPS) is 15.5. The summed E-state index contributed by atoms with van der Waals surface area (Å²) in [6.45, 7) is 3.07. The first-order valence-electron chi connectivity index (χ1n) is 5.23. The van der Waals surface area contributed by atoms with Crippen LogP contribution in [0.3, 0.4) is 0 Å². The van der Waals surface area contributed by atoms with Crippen LogP contribution in [0.4, 0.5) is 4.39 Å². The first-order valence-corrected chi connectivity index (χ1v) is 6.72. The molecule has 1 aromatic carbocycles. The van der Waals surface area contributed by atoms with Gasteiger partial charge in [0.05, 0.1) is 17.0 Å². The molecule has 17 heavy (non-hydrogen) atoms. The average molecular weight is 261 g/mol. The zero-order valence-electron chi connectivity index (χ0n) is 9.77. The Labute approximate surface area is 101 Å². The van der Waals surface area contributed by atoms with Gasteiger partial charge >= 0.3 is 0 Å². The summed E-state index contributed by atoms with van der Waals surface area (Å²) in [6, 6.07) is 4.53. The van der Waals surface area contributed by atoms with Crippen molar-refractivity contribution in [3.8, 4) is 0 Å². The van der Waals surface area contributed by atoms with Crippen LogP contribution < -0.4 is 4.72 Å². The quantitative estimate of drug-likeness (QED) is 0.838. The van der Waals surface area contributed by atoms with Crippen LogP contribution in [0.2, 0.25) is 0 Å². The van der Waals surface area contributed by atoms with Gasteiger partial charge in [0, 0.05) is 0 Å². The van der Waals surface area contributed by atoms with Gasteiger partial charge in [-0.25, -0.2) is 17.5 Å². The highest BCUT2D eigenvalue weighted by Crippen LogP contribution is 2.15. The van der Waals surface area contributed by atoms with Gasteiger partial charge in [-0.1, -0.05) is 6.92 Å². The third-order valence-corrected chi connectivity index (χ3v) is 4.29. The van der Waals surface area contributed by atoms with E-state index < -0.39 is 21.4 Å². The molecule has 96 valence electrons. The van der Waals surface area contributed by atoms with Crippen molar-refractivity contribution in [1.82, 2.24) is 4.72 Å². The first-order chi connectivity index (χ1) is 7.83. The molecule has 2 N–H and O–H groups in total. The van der Waals surface area contributed by atoms with Crippen molar-refractivity contribution in [3.05, 3.63) is 30.1 Å². The zero-order chi connectivity index (χ0) is 13.1. The zero-order valence-corrected chi connectivity index (χ0v) is 10.6. The molecule has 0 radical (unpaired) electrons. The molecule has 1 atom stereocenters. The second-order valence-electron chi connectivity index (χ2n) is 4.13. The fraction of sp³-hybridized carbons (Fsp3) is 0.455. The third kappa shape index (κ3) is 3.49. The minimum absolute atomic E-state index is 0.0213. The monoisotopic (exact) mass is 261 g/mol. The van der Waals surface area contributed by atoms with Crippen molar-refractivity contribution in [2.75, 3.05) is 6.61 Å². The lowest BCUT2D eigenvalue weighted by molar-refractivity contribution is 0.191. The molecule has 0 fully saturated rings. The van der Waals surface area contributed by atoms with E-state index in [0.717, 1.165) is 12.1 Å². The summed E-state index contributed by atoms with van der Waals surface area (Å²) >= 11 is 0. The molecule has 6 heteroatoms. The van der Waals surface area contributed by atoms with E-state index in [1.54, 1.807) is 13.8 Å². The predicted octanol–water partition coefficient (Wildman–Crippen LogP) is 1.26. The first kappa shape index (κ1) is 14.1. The number of hydrogen-bond acceptors (Lipinski definition) is 3. The van der Waals surface area contributed by atoms with Gasteiger partial charge in [-0.2, -0.15) is 0 Å². The molecule has 0 aromatic heterocycles. The molecule has 0 aliphatic carbocycles. The van der Waals surface area contributed by atoms with Crippen LogP contribution in [0.1, 0.15) is 20.3 Å². The van der Waals surface area contributed by atoms with Crippen LogP contribution in [0.5, 0.6) is 0 Å². The molecule has 1 aromatic rings. The Bertz CT molecular complexity index is 466. The Hall–Kier alpha value is -0.980. The fourth-order valence-electron chi connectivity index (χ4n) is 1.21. The van der Waals surface area contributed by atoms with Crippen LogP contribution in [0, 0.1) is 5.82 Å². The summed E-state index contributed by atoms with van der Waals surface area (Å²) in [5.74, 6) is -0.496. The Kier molecular flexibility index (Phi) is 4.24.